The van der Waals surface area contributed by atoms with Crippen LogP contribution in [0.15, 0.2) is 156 Å². The second-order valence-corrected chi connectivity index (χ2v) is 16.7. The fraction of sp³-hybridized carbons (Fsp3) is 0.170. The van der Waals surface area contributed by atoms with E-state index in [2.05, 4.69) is 183 Å². The number of fused-ring (bicyclic) bond motifs is 17. The van der Waals surface area contributed by atoms with Crippen LogP contribution in [0.4, 0.5) is 11.4 Å². The lowest BCUT2D eigenvalue weighted by molar-refractivity contribution is 0.195. The van der Waals surface area contributed by atoms with E-state index in [1.165, 1.54) is 98.1 Å². The summed E-state index contributed by atoms with van der Waals surface area (Å²) in [6, 6.07) is 56.5. The molecule has 1 aliphatic heterocycles. The highest BCUT2D eigenvalue weighted by atomic mass is 16.3. The minimum Gasteiger partial charge on any atom is -0.455 e. The Morgan fingerprint density at radius 2 is 1.16 bits per heavy atom. The summed E-state index contributed by atoms with van der Waals surface area (Å²) < 4.78 is 6.84. The van der Waals surface area contributed by atoms with Crippen LogP contribution in [0.25, 0.3) is 56.3 Å². The molecule has 4 aliphatic rings. The molecule has 55 heavy (non-hydrogen) atoms. The number of anilines is 2. The second kappa shape index (κ2) is 11.0. The van der Waals surface area contributed by atoms with Crippen LogP contribution in [0.1, 0.15) is 78.5 Å². The van der Waals surface area contributed by atoms with Crippen molar-refractivity contribution in [2.45, 2.75) is 55.9 Å². The molecule has 1 spiro atoms. The zero-order valence-corrected chi connectivity index (χ0v) is 31.3. The zero-order valence-electron chi connectivity index (χ0n) is 31.3. The van der Waals surface area contributed by atoms with E-state index in [9.17, 15) is 0 Å². The first-order valence-corrected chi connectivity index (χ1v) is 20.0. The Morgan fingerprint density at radius 1 is 0.564 bits per heavy atom. The average molecular weight is 708 g/mol. The van der Waals surface area contributed by atoms with Crippen LogP contribution in [0.2, 0.25) is 0 Å². The van der Waals surface area contributed by atoms with Gasteiger partial charge < -0.3 is 9.32 Å². The third-order valence-electron chi connectivity index (χ3n) is 14.3. The van der Waals surface area contributed by atoms with Crippen molar-refractivity contribution in [3.63, 3.8) is 0 Å². The highest BCUT2D eigenvalue weighted by Gasteiger charge is 2.57. The molecule has 1 saturated carbocycles. The molecular weight excluding hydrogens is 667 g/mol. The van der Waals surface area contributed by atoms with Crippen molar-refractivity contribution >= 4 is 45.5 Å². The summed E-state index contributed by atoms with van der Waals surface area (Å²) >= 11 is 0. The van der Waals surface area contributed by atoms with Crippen LogP contribution in [-0.4, -0.2) is 5.54 Å². The molecule has 2 unspecified atom stereocenters. The molecule has 0 saturated heterocycles. The fourth-order valence-electron chi connectivity index (χ4n) is 11.6. The van der Waals surface area contributed by atoms with Crippen LogP contribution in [0.5, 0.6) is 0 Å². The standard InChI is InChI=1S/C53H41NO/c1-51-31-13-14-32-52(51,2)54(46-23-11-10-22-44(46)51)36-29-26-34(27-30-36)25-28-35-33-45-48(49-40-18-6-12-24-47(40)55-50(35)49)39-17-5-9-21-43(39)53(45)41-19-7-3-15-37(41)38-16-4-8-20-42(38)53/h3-12,15-30,33H,13-14,31-32H2,1-2H3/b28-25+. The first-order valence-electron chi connectivity index (χ1n) is 20.0. The maximum absolute atomic E-state index is 6.84. The Labute approximate surface area is 322 Å². The summed E-state index contributed by atoms with van der Waals surface area (Å²) in [5.41, 5.74) is 18.6. The fourth-order valence-corrected chi connectivity index (χ4v) is 11.6. The number of hydrogen-bond acceptors (Lipinski definition) is 2. The Hall–Kier alpha value is -6.12. The van der Waals surface area contributed by atoms with Gasteiger partial charge in [0.25, 0.3) is 0 Å². The molecule has 2 heteroatoms. The lowest BCUT2D eigenvalue weighted by Crippen LogP contribution is -2.54. The molecule has 2 nitrogen and oxygen atoms in total. The van der Waals surface area contributed by atoms with Gasteiger partial charge in [-0.1, -0.05) is 153 Å². The monoisotopic (exact) mass is 707 g/mol. The van der Waals surface area contributed by atoms with E-state index in [0.29, 0.717) is 0 Å². The summed E-state index contributed by atoms with van der Waals surface area (Å²) in [4.78, 5) is 2.65. The highest BCUT2D eigenvalue weighted by Crippen LogP contribution is 2.65. The van der Waals surface area contributed by atoms with Gasteiger partial charge in [-0.15, -0.1) is 0 Å². The van der Waals surface area contributed by atoms with Crippen molar-refractivity contribution in [1.82, 2.24) is 0 Å². The van der Waals surface area contributed by atoms with Crippen LogP contribution >= 0.6 is 0 Å². The largest absolute Gasteiger partial charge is 0.455 e. The van der Waals surface area contributed by atoms with Crippen LogP contribution in [0.3, 0.4) is 0 Å². The maximum Gasteiger partial charge on any atom is 0.143 e. The molecule has 1 fully saturated rings. The number of rotatable bonds is 3. The second-order valence-electron chi connectivity index (χ2n) is 16.7. The number of para-hydroxylation sites is 2. The summed E-state index contributed by atoms with van der Waals surface area (Å²) in [6.07, 6.45) is 9.57. The van der Waals surface area contributed by atoms with Crippen molar-refractivity contribution in [3.8, 4) is 22.3 Å². The summed E-state index contributed by atoms with van der Waals surface area (Å²) in [6.45, 7) is 5.00. The average Bonchev–Trinajstić information content (AvgIpc) is 3.91. The van der Waals surface area contributed by atoms with Crippen molar-refractivity contribution in [3.05, 3.63) is 191 Å². The van der Waals surface area contributed by atoms with Gasteiger partial charge in [-0.3, -0.25) is 0 Å². The van der Waals surface area contributed by atoms with Crippen molar-refractivity contribution in [1.29, 1.82) is 0 Å². The topological polar surface area (TPSA) is 16.4 Å². The van der Waals surface area contributed by atoms with E-state index < -0.39 is 5.41 Å². The Morgan fingerprint density at radius 3 is 1.91 bits per heavy atom. The van der Waals surface area contributed by atoms with Crippen molar-refractivity contribution in [2.24, 2.45) is 0 Å². The third-order valence-corrected chi connectivity index (χ3v) is 14.3. The number of benzene rings is 7. The molecule has 0 N–H and O–H groups in total. The lowest BCUT2D eigenvalue weighted by atomic mass is 9.61. The van der Waals surface area contributed by atoms with Gasteiger partial charge in [-0.2, -0.15) is 0 Å². The first-order chi connectivity index (χ1) is 27.0. The first kappa shape index (κ1) is 31.3. The Balaban J connectivity index is 1.04. The van der Waals surface area contributed by atoms with Crippen LogP contribution in [-0.2, 0) is 10.8 Å². The molecule has 12 rings (SSSR count). The molecule has 0 radical (unpaired) electrons. The molecule has 2 atom stereocenters. The normalized spacial score (nSPS) is 21.2. The van der Waals surface area contributed by atoms with Crippen molar-refractivity contribution < 1.29 is 4.42 Å². The van der Waals surface area contributed by atoms with Gasteiger partial charge in [0.15, 0.2) is 0 Å². The van der Waals surface area contributed by atoms with Crippen molar-refractivity contribution in [2.75, 3.05) is 4.90 Å². The minimum atomic E-state index is -0.425. The smallest absolute Gasteiger partial charge is 0.143 e. The van der Waals surface area contributed by atoms with E-state index >= 15 is 0 Å². The van der Waals surface area contributed by atoms with Crippen LogP contribution in [0, 0.1) is 0 Å². The van der Waals surface area contributed by atoms with E-state index in [-0.39, 0.29) is 11.0 Å². The maximum atomic E-state index is 6.84. The molecule has 2 heterocycles. The highest BCUT2D eigenvalue weighted by molar-refractivity contribution is 6.18. The molecule has 3 aliphatic carbocycles. The van der Waals surface area contributed by atoms with Gasteiger partial charge in [0.05, 0.1) is 11.0 Å². The van der Waals surface area contributed by atoms with Gasteiger partial charge in [-0.05, 0) is 106 Å². The lowest BCUT2D eigenvalue weighted by Gasteiger charge is -2.50. The summed E-state index contributed by atoms with van der Waals surface area (Å²) in [5.74, 6) is 0. The minimum absolute atomic E-state index is 0.0502. The van der Waals surface area contributed by atoms with Gasteiger partial charge in [0.2, 0.25) is 0 Å². The van der Waals surface area contributed by atoms with Crippen LogP contribution < -0.4 is 4.90 Å². The van der Waals surface area contributed by atoms with Gasteiger partial charge in [-0.25, -0.2) is 0 Å². The van der Waals surface area contributed by atoms with E-state index in [1.807, 2.05) is 0 Å². The molecule has 264 valence electrons. The Bertz CT molecular complexity index is 2880. The molecule has 1 aromatic heterocycles. The SMILES string of the molecule is CC12CCCCC1(C)N(c1ccc(/C=C/c3cc4c(c5c3oc3ccccc35)-c3ccccc3C43c4ccccc4-c4ccccc43)cc1)c1ccccc12. The van der Waals surface area contributed by atoms with E-state index in [4.69, 9.17) is 4.42 Å². The third kappa shape index (κ3) is 3.85. The molecule has 0 amide bonds. The number of hydrogen-bond donors (Lipinski definition) is 0. The summed E-state index contributed by atoms with van der Waals surface area (Å²) in [5, 5.41) is 2.36. The Kier molecular flexibility index (Phi) is 6.24. The number of nitrogens with zero attached hydrogens (tertiary/aromatic N) is 1. The van der Waals surface area contributed by atoms with Gasteiger partial charge >= 0.3 is 0 Å². The van der Waals surface area contributed by atoms with Gasteiger partial charge in [0.1, 0.15) is 11.2 Å². The molecule has 0 bridgehead atoms. The zero-order chi connectivity index (χ0) is 36.5. The molecular formula is C53H41NO. The van der Waals surface area contributed by atoms with E-state index in [1.54, 1.807) is 0 Å². The predicted molar refractivity (Wildman–Crippen MR) is 228 cm³/mol. The van der Waals surface area contributed by atoms with E-state index in [0.717, 1.165) is 22.1 Å². The van der Waals surface area contributed by atoms with Gasteiger partial charge in [0, 0.05) is 33.1 Å². The number of furan rings is 1. The predicted octanol–water partition coefficient (Wildman–Crippen LogP) is 13.8. The molecule has 7 aromatic carbocycles. The summed E-state index contributed by atoms with van der Waals surface area (Å²) in [7, 11) is 0. The quantitative estimate of drug-likeness (QED) is 0.170. The molecule has 8 aromatic rings.